The molecule has 2 unspecified atom stereocenters. The standard InChI is InChI=1S/C17H28N2O/c1-13-7-8-16(17(10-13)20-4)14(2)18-11-15-6-5-9-19(3)12-15/h7-8,10,14-15,18H,5-6,9,11-12H2,1-4H3. The average Bonchev–Trinajstić information content (AvgIpc) is 2.44. The van der Waals surface area contributed by atoms with E-state index in [1.807, 2.05) is 0 Å². The molecule has 20 heavy (non-hydrogen) atoms. The predicted molar refractivity (Wildman–Crippen MR) is 84.4 cm³/mol. The number of rotatable bonds is 5. The van der Waals surface area contributed by atoms with Gasteiger partial charge < -0.3 is 15.0 Å². The second kappa shape index (κ2) is 7.09. The molecule has 3 heteroatoms. The van der Waals surface area contributed by atoms with Gasteiger partial charge in [-0.25, -0.2) is 0 Å². The first-order chi connectivity index (χ1) is 9.60. The van der Waals surface area contributed by atoms with Crippen molar-refractivity contribution in [3.63, 3.8) is 0 Å². The highest BCUT2D eigenvalue weighted by Gasteiger charge is 2.18. The zero-order valence-corrected chi connectivity index (χ0v) is 13.3. The summed E-state index contributed by atoms with van der Waals surface area (Å²) in [7, 11) is 3.97. The maximum absolute atomic E-state index is 5.51. The molecule has 1 heterocycles. The number of hydrogen-bond acceptors (Lipinski definition) is 3. The largest absolute Gasteiger partial charge is 0.496 e. The maximum atomic E-state index is 5.51. The van der Waals surface area contributed by atoms with Crippen LogP contribution in [0.25, 0.3) is 0 Å². The fraction of sp³-hybridized carbons (Fsp3) is 0.647. The maximum Gasteiger partial charge on any atom is 0.123 e. The van der Waals surface area contributed by atoms with Crippen LogP contribution in [0.4, 0.5) is 0 Å². The first kappa shape index (κ1) is 15.3. The molecule has 3 nitrogen and oxygen atoms in total. The molecule has 2 atom stereocenters. The number of hydrogen-bond donors (Lipinski definition) is 1. The van der Waals surface area contributed by atoms with Crippen LogP contribution in [0.5, 0.6) is 5.75 Å². The van der Waals surface area contributed by atoms with Crippen molar-refractivity contribution in [3.8, 4) is 5.75 Å². The van der Waals surface area contributed by atoms with Crippen LogP contribution in [-0.4, -0.2) is 38.7 Å². The predicted octanol–water partition coefficient (Wildman–Crippen LogP) is 3.00. The highest BCUT2D eigenvalue weighted by atomic mass is 16.5. The van der Waals surface area contributed by atoms with Gasteiger partial charge in [-0.1, -0.05) is 12.1 Å². The van der Waals surface area contributed by atoms with Crippen molar-refractivity contribution in [2.24, 2.45) is 5.92 Å². The Morgan fingerprint density at radius 2 is 2.25 bits per heavy atom. The molecule has 1 aromatic rings. The van der Waals surface area contributed by atoms with Crippen molar-refractivity contribution in [2.75, 3.05) is 33.8 Å². The summed E-state index contributed by atoms with van der Waals surface area (Å²) in [5.41, 5.74) is 2.49. The molecule has 1 fully saturated rings. The number of aryl methyl sites for hydroxylation is 1. The van der Waals surface area contributed by atoms with E-state index in [2.05, 4.69) is 49.3 Å². The smallest absolute Gasteiger partial charge is 0.123 e. The molecule has 1 aliphatic rings. The summed E-state index contributed by atoms with van der Waals surface area (Å²) in [6, 6.07) is 6.78. The Labute approximate surface area is 123 Å². The summed E-state index contributed by atoms with van der Waals surface area (Å²) in [6.07, 6.45) is 2.67. The second-order valence-corrected chi connectivity index (χ2v) is 6.15. The van der Waals surface area contributed by atoms with Crippen LogP contribution in [0, 0.1) is 12.8 Å². The monoisotopic (exact) mass is 276 g/mol. The molecule has 1 N–H and O–H groups in total. The summed E-state index contributed by atoms with van der Waals surface area (Å²) >= 11 is 0. The normalized spacial score (nSPS) is 21.7. The molecule has 0 aliphatic carbocycles. The summed E-state index contributed by atoms with van der Waals surface area (Å²) in [4.78, 5) is 2.44. The van der Waals surface area contributed by atoms with E-state index in [-0.39, 0.29) is 0 Å². The first-order valence-corrected chi connectivity index (χ1v) is 7.66. The number of likely N-dealkylation sites (tertiary alicyclic amines) is 1. The summed E-state index contributed by atoms with van der Waals surface area (Å²) in [5.74, 6) is 1.76. The molecule has 112 valence electrons. The number of benzene rings is 1. The van der Waals surface area contributed by atoms with Crippen molar-refractivity contribution in [1.82, 2.24) is 10.2 Å². The van der Waals surface area contributed by atoms with Crippen LogP contribution in [0.1, 0.15) is 36.9 Å². The van der Waals surface area contributed by atoms with E-state index >= 15 is 0 Å². The van der Waals surface area contributed by atoms with E-state index in [9.17, 15) is 0 Å². The van der Waals surface area contributed by atoms with E-state index < -0.39 is 0 Å². The minimum atomic E-state index is 0.331. The molecule has 0 aromatic heterocycles. The van der Waals surface area contributed by atoms with E-state index in [1.165, 1.54) is 37.1 Å². The van der Waals surface area contributed by atoms with Crippen molar-refractivity contribution < 1.29 is 4.74 Å². The lowest BCUT2D eigenvalue weighted by Crippen LogP contribution is -2.38. The summed E-state index contributed by atoms with van der Waals surface area (Å²) < 4.78 is 5.51. The van der Waals surface area contributed by atoms with Crippen LogP contribution < -0.4 is 10.1 Å². The van der Waals surface area contributed by atoms with Gasteiger partial charge in [-0.2, -0.15) is 0 Å². The van der Waals surface area contributed by atoms with Gasteiger partial charge in [-0.05, 0) is 64.4 Å². The third-order valence-corrected chi connectivity index (χ3v) is 4.29. The molecule has 0 radical (unpaired) electrons. The zero-order chi connectivity index (χ0) is 14.5. The fourth-order valence-corrected chi connectivity index (χ4v) is 3.07. The van der Waals surface area contributed by atoms with Gasteiger partial charge in [0.15, 0.2) is 0 Å². The number of ether oxygens (including phenoxy) is 1. The van der Waals surface area contributed by atoms with Gasteiger partial charge in [-0.3, -0.25) is 0 Å². The molecule has 2 rings (SSSR count). The highest BCUT2D eigenvalue weighted by Crippen LogP contribution is 2.26. The van der Waals surface area contributed by atoms with Gasteiger partial charge in [0.1, 0.15) is 5.75 Å². The first-order valence-electron chi connectivity index (χ1n) is 7.66. The van der Waals surface area contributed by atoms with Crippen LogP contribution in [0.3, 0.4) is 0 Å². The number of piperidine rings is 1. The lowest BCUT2D eigenvalue weighted by molar-refractivity contribution is 0.203. The van der Waals surface area contributed by atoms with Gasteiger partial charge in [0.05, 0.1) is 7.11 Å². The minimum absolute atomic E-state index is 0.331. The zero-order valence-electron chi connectivity index (χ0n) is 13.3. The Bertz CT molecular complexity index is 433. The fourth-order valence-electron chi connectivity index (χ4n) is 3.07. The van der Waals surface area contributed by atoms with Crippen LogP contribution >= 0.6 is 0 Å². The van der Waals surface area contributed by atoms with E-state index in [1.54, 1.807) is 7.11 Å². The molecule has 1 aromatic carbocycles. The average molecular weight is 276 g/mol. The quantitative estimate of drug-likeness (QED) is 0.895. The molecular weight excluding hydrogens is 248 g/mol. The molecule has 0 spiro atoms. The van der Waals surface area contributed by atoms with Gasteiger partial charge in [-0.15, -0.1) is 0 Å². The molecule has 0 bridgehead atoms. The van der Waals surface area contributed by atoms with Crippen molar-refractivity contribution in [2.45, 2.75) is 32.7 Å². The molecular formula is C17H28N2O. The van der Waals surface area contributed by atoms with Gasteiger partial charge in [0, 0.05) is 18.2 Å². The Morgan fingerprint density at radius 3 is 2.95 bits per heavy atom. The Kier molecular flexibility index (Phi) is 5.44. The number of nitrogens with one attached hydrogen (secondary N) is 1. The lowest BCUT2D eigenvalue weighted by atomic mass is 9.97. The Balaban J connectivity index is 1.92. The molecule has 1 saturated heterocycles. The summed E-state index contributed by atoms with van der Waals surface area (Å²) in [5, 5.41) is 3.68. The SMILES string of the molecule is COc1cc(C)ccc1C(C)NCC1CCCN(C)C1. The van der Waals surface area contributed by atoms with E-state index in [4.69, 9.17) is 4.74 Å². The summed E-state index contributed by atoms with van der Waals surface area (Å²) in [6.45, 7) is 7.87. The third-order valence-electron chi connectivity index (χ3n) is 4.29. The molecule has 1 aliphatic heterocycles. The second-order valence-electron chi connectivity index (χ2n) is 6.15. The van der Waals surface area contributed by atoms with Crippen LogP contribution in [-0.2, 0) is 0 Å². The van der Waals surface area contributed by atoms with Gasteiger partial charge in [0.25, 0.3) is 0 Å². The topological polar surface area (TPSA) is 24.5 Å². The van der Waals surface area contributed by atoms with Crippen molar-refractivity contribution in [3.05, 3.63) is 29.3 Å². The van der Waals surface area contributed by atoms with Gasteiger partial charge >= 0.3 is 0 Å². The number of methoxy groups -OCH3 is 1. The minimum Gasteiger partial charge on any atom is -0.496 e. The third kappa shape index (κ3) is 3.97. The molecule has 0 saturated carbocycles. The van der Waals surface area contributed by atoms with Gasteiger partial charge in [0.2, 0.25) is 0 Å². The Hall–Kier alpha value is -1.06. The lowest BCUT2D eigenvalue weighted by Gasteiger charge is -2.31. The Morgan fingerprint density at radius 1 is 1.45 bits per heavy atom. The molecule has 0 amide bonds. The van der Waals surface area contributed by atoms with Crippen LogP contribution in [0.15, 0.2) is 18.2 Å². The van der Waals surface area contributed by atoms with E-state index in [0.29, 0.717) is 6.04 Å². The van der Waals surface area contributed by atoms with Crippen LogP contribution in [0.2, 0.25) is 0 Å². The highest BCUT2D eigenvalue weighted by molar-refractivity contribution is 5.39. The number of nitrogens with zero attached hydrogens (tertiary/aromatic N) is 1. The van der Waals surface area contributed by atoms with Crippen molar-refractivity contribution >= 4 is 0 Å². The van der Waals surface area contributed by atoms with Crippen molar-refractivity contribution in [1.29, 1.82) is 0 Å². The van der Waals surface area contributed by atoms with E-state index in [0.717, 1.165) is 18.2 Å².